The van der Waals surface area contributed by atoms with E-state index in [0.717, 1.165) is 16.2 Å². The minimum absolute atomic E-state index is 0.168. The summed E-state index contributed by atoms with van der Waals surface area (Å²) in [5.41, 5.74) is 0.659. The van der Waals surface area contributed by atoms with Gasteiger partial charge < -0.3 is 5.32 Å². The summed E-state index contributed by atoms with van der Waals surface area (Å²) in [6.07, 6.45) is 3.14. The fourth-order valence-corrected chi connectivity index (χ4v) is 6.42. The molecule has 0 bridgehead atoms. The summed E-state index contributed by atoms with van der Waals surface area (Å²) in [6.45, 7) is 0.335. The number of halogens is 1. The van der Waals surface area contributed by atoms with Crippen LogP contribution in [0.2, 0.25) is 4.34 Å². The second-order valence-corrected chi connectivity index (χ2v) is 10.3. The molecule has 25 heavy (non-hydrogen) atoms. The van der Waals surface area contributed by atoms with Gasteiger partial charge in [-0.15, -0.1) is 23.1 Å². The molecule has 0 unspecified atom stereocenters. The summed E-state index contributed by atoms with van der Waals surface area (Å²) >= 11 is 8.48. The zero-order valence-corrected chi connectivity index (χ0v) is 16.6. The van der Waals surface area contributed by atoms with Gasteiger partial charge >= 0.3 is 0 Å². The summed E-state index contributed by atoms with van der Waals surface area (Å²) < 4.78 is 27.4. The SMILES string of the molecule is CSc1ccc(NC(=O)[C@H]2CCCN2S(=O)(=O)c2ccc(Cl)s2)cc1. The van der Waals surface area contributed by atoms with Gasteiger partial charge in [0.15, 0.2) is 0 Å². The third kappa shape index (κ3) is 4.03. The number of nitrogens with one attached hydrogen (secondary N) is 1. The highest BCUT2D eigenvalue weighted by molar-refractivity contribution is 7.98. The molecule has 1 N–H and O–H groups in total. The predicted molar refractivity (Wildman–Crippen MR) is 103 cm³/mol. The van der Waals surface area contributed by atoms with E-state index in [0.29, 0.717) is 29.4 Å². The van der Waals surface area contributed by atoms with Crippen molar-refractivity contribution in [3.05, 3.63) is 40.7 Å². The van der Waals surface area contributed by atoms with Crippen molar-refractivity contribution in [3.63, 3.8) is 0 Å². The van der Waals surface area contributed by atoms with Crippen LogP contribution in [-0.2, 0) is 14.8 Å². The summed E-state index contributed by atoms with van der Waals surface area (Å²) in [4.78, 5) is 13.7. The van der Waals surface area contributed by atoms with Crippen molar-refractivity contribution in [3.8, 4) is 0 Å². The number of benzene rings is 1. The lowest BCUT2D eigenvalue weighted by atomic mass is 10.2. The van der Waals surface area contributed by atoms with Crippen LogP contribution in [0.15, 0.2) is 45.5 Å². The highest BCUT2D eigenvalue weighted by Crippen LogP contribution is 2.32. The first-order valence-corrected chi connectivity index (χ1v) is 11.5. The maximum atomic E-state index is 12.8. The number of anilines is 1. The summed E-state index contributed by atoms with van der Waals surface area (Å²) in [7, 11) is -3.71. The van der Waals surface area contributed by atoms with Crippen LogP contribution in [-0.4, -0.2) is 37.5 Å². The lowest BCUT2D eigenvalue weighted by molar-refractivity contribution is -0.119. The minimum atomic E-state index is -3.71. The van der Waals surface area contributed by atoms with Crippen molar-refractivity contribution >= 4 is 56.3 Å². The minimum Gasteiger partial charge on any atom is -0.325 e. The molecule has 1 aromatic heterocycles. The average Bonchev–Trinajstić information content (AvgIpc) is 3.25. The average molecular weight is 417 g/mol. The Morgan fingerprint density at radius 2 is 2.00 bits per heavy atom. The largest absolute Gasteiger partial charge is 0.325 e. The molecular weight excluding hydrogens is 400 g/mol. The second kappa shape index (κ2) is 7.67. The van der Waals surface area contributed by atoms with Crippen LogP contribution in [0.1, 0.15) is 12.8 Å². The van der Waals surface area contributed by atoms with Crippen molar-refractivity contribution < 1.29 is 13.2 Å². The number of thiophene rings is 1. The first-order valence-electron chi connectivity index (χ1n) is 7.64. The molecule has 1 amide bonds. The quantitative estimate of drug-likeness (QED) is 0.750. The molecule has 9 heteroatoms. The highest BCUT2D eigenvalue weighted by Gasteiger charge is 2.40. The van der Waals surface area contributed by atoms with Crippen LogP contribution < -0.4 is 5.32 Å². The highest BCUT2D eigenvalue weighted by atomic mass is 35.5. The van der Waals surface area contributed by atoms with Crippen LogP contribution in [0.3, 0.4) is 0 Å². The fourth-order valence-electron chi connectivity index (χ4n) is 2.74. The number of carbonyl (C=O) groups excluding carboxylic acids is 1. The van der Waals surface area contributed by atoms with E-state index < -0.39 is 16.1 Å². The van der Waals surface area contributed by atoms with Gasteiger partial charge in [-0.25, -0.2) is 8.42 Å². The van der Waals surface area contributed by atoms with E-state index in [4.69, 9.17) is 11.6 Å². The first kappa shape index (κ1) is 18.7. The van der Waals surface area contributed by atoms with E-state index in [-0.39, 0.29) is 10.1 Å². The maximum absolute atomic E-state index is 12.8. The summed E-state index contributed by atoms with van der Waals surface area (Å²) in [6, 6.07) is 9.79. The molecule has 1 saturated heterocycles. The lowest BCUT2D eigenvalue weighted by Crippen LogP contribution is -2.42. The van der Waals surface area contributed by atoms with Crippen LogP contribution in [0.25, 0.3) is 0 Å². The number of thioether (sulfide) groups is 1. The van der Waals surface area contributed by atoms with E-state index in [9.17, 15) is 13.2 Å². The second-order valence-electron chi connectivity index (χ2n) is 5.55. The van der Waals surface area contributed by atoms with E-state index in [1.54, 1.807) is 17.8 Å². The standard InChI is InChI=1S/C16H17ClN2O3S3/c1-23-12-6-4-11(5-7-12)18-16(20)13-3-2-10-19(13)25(21,22)15-9-8-14(17)24-15/h4-9,13H,2-3,10H2,1H3,(H,18,20)/t13-/m1/s1. The Hall–Kier alpha value is -1.06. The van der Waals surface area contributed by atoms with Crippen molar-refractivity contribution in [1.82, 2.24) is 4.31 Å². The molecule has 0 aliphatic carbocycles. The Labute approximate surface area is 160 Å². The van der Waals surface area contributed by atoms with E-state index >= 15 is 0 Å². The van der Waals surface area contributed by atoms with Crippen LogP contribution in [0.5, 0.6) is 0 Å². The molecular formula is C16H17ClN2O3S3. The number of hydrogen-bond donors (Lipinski definition) is 1. The number of amides is 1. The molecule has 1 aliphatic rings. The van der Waals surface area contributed by atoms with Crippen molar-refractivity contribution in [2.75, 3.05) is 18.1 Å². The van der Waals surface area contributed by atoms with Gasteiger partial charge in [-0.2, -0.15) is 4.31 Å². The smallest absolute Gasteiger partial charge is 0.253 e. The Balaban J connectivity index is 1.77. The normalized spacial score (nSPS) is 18.4. The molecule has 2 heterocycles. The number of carbonyl (C=O) groups is 1. The van der Waals surface area contributed by atoms with Crippen LogP contribution in [0, 0.1) is 0 Å². The summed E-state index contributed by atoms with van der Waals surface area (Å²) in [5, 5.41) is 2.82. The third-order valence-electron chi connectivity index (χ3n) is 3.98. The number of hydrogen-bond acceptors (Lipinski definition) is 5. The molecule has 2 aromatic rings. The lowest BCUT2D eigenvalue weighted by Gasteiger charge is -2.22. The Morgan fingerprint density at radius 1 is 1.28 bits per heavy atom. The molecule has 0 spiro atoms. The topological polar surface area (TPSA) is 66.5 Å². The molecule has 1 atom stereocenters. The van der Waals surface area contributed by atoms with Crippen LogP contribution in [0.4, 0.5) is 5.69 Å². The van der Waals surface area contributed by atoms with E-state index in [1.165, 1.54) is 10.4 Å². The van der Waals surface area contributed by atoms with Gasteiger partial charge in [0.25, 0.3) is 10.0 Å². The first-order chi connectivity index (χ1) is 11.9. The maximum Gasteiger partial charge on any atom is 0.253 e. The summed E-state index contributed by atoms with van der Waals surface area (Å²) in [5.74, 6) is -0.305. The van der Waals surface area contributed by atoms with Gasteiger partial charge in [-0.3, -0.25) is 4.79 Å². The molecule has 3 rings (SSSR count). The monoisotopic (exact) mass is 416 g/mol. The molecule has 1 aromatic carbocycles. The molecule has 0 radical (unpaired) electrons. The van der Waals surface area contributed by atoms with Crippen molar-refractivity contribution in [2.45, 2.75) is 28.0 Å². The van der Waals surface area contributed by atoms with Crippen LogP contribution >= 0.6 is 34.7 Å². The molecule has 134 valence electrons. The van der Waals surface area contributed by atoms with Crippen molar-refractivity contribution in [1.29, 1.82) is 0 Å². The molecule has 5 nitrogen and oxygen atoms in total. The van der Waals surface area contributed by atoms with Gasteiger partial charge in [0.05, 0.1) is 4.34 Å². The Kier molecular flexibility index (Phi) is 5.75. The third-order valence-corrected chi connectivity index (χ3v) is 8.33. The molecule has 1 fully saturated rings. The predicted octanol–water partition coefficient (Wildman–Crippen LogP) is 3.92. The number of sulfonamides is 1. The molecule has 0 saturated carbocycles. The van der Waals surface area contributed by atoms with Gasteiger partial charge in [0.1, 0.15) is 10.3 Å². The zero-order valence-electron chi connectivity index (χ0n) is 13.4. The Morgan fingerprint density at radius 3 is 2.60 bits per heavy atom. The van der Waals surface area contributed by atoms with Gasteiger partial charge in [-0.05, 0) is 55.5 Å². The fraction of sp³-hybridized carbons (Fsp3) is 0.312. The van der Waals surface area contributed by atoms with Gasteiger partial charge in [-0.1, -0.05) is 11.6 Å². The zero-order chi connectivity index (χ0) is 18.0. The number of nitrogens with zero attached hydrogens (tertiary/aromatic N) is 1. The van der Waals surface area contributed by atoms with E-state index in [1.807, 2.05) is 30.5 Å². The van der Waals surface area contributed by atoms with Gasteiger partial charge in [0.2, 0.25) is 5.91 Å². The Bertz CT molecular complexity index is 865. The molecule has 1 aliphatic heterocycles. The number of rotatable bonds is 5. The van der Waals surface area contributed by atoms with Crippen molar-refractivity contribution in [2.24, 2.45) is 0 Å². The van der Waals surface area contributed by atoms with E-state index in [2.05, 4.69) is 5.32 Å². The van der Waals surface area contributed by atoms with Gasteiger partial charge in [0, 0.05) is 17.1 Å².